The molecule has 2 heterocycles. The van der Waals surface area contributed by atoms with Gasteiger partial charge >= 0.3 is 0 Å². The fraction of sp³-hybridized carbons (Fsp3) is 0.448. The van der Waals surface area contributed by atoms with Gasteiger partial charge in [-0.3, -0.25) is 14.7 Å². The van der Waals surface area contributed by atoms with Crippen LogP contribution in [-0.4, -0.2) is 68.4 Å². The lowest BCUT2D eigenvalue weighted by molar-refractivity contribution is 0.0384. The molecule has 0 atom stereocenters. The molecule has 2 aromatic carbocycles. The number of primary amides is 1. The first kappa shape index (κ1) is 27.6. The molecule has 4 rings (SSSR count). The van der Waals surface area contributed by atoms with E-state index in [4.69, 9.17) is 19.9 Å². The number of nitrogens with one attached hydrogen (secondary N) is 2. The topological polar surface area (TPSA) is 111 Å². The van der Waals surface area contributed by atoms with E-state index in [1.165, 1.54) is 17.3 Å². The number of nitrogens with zero attached hydrogens (tertiary/aromatic N) is 2. The fourth-order valence-corrected chi connectivity index (χ4v) is 4.81. The maximum absolute atomic E-state index is 12.4. The van der Waals surface area contributed by atoms with Crippen molar-refractivity contribution in [3.05, 3.63) is 53.2 Å². The summed E-state index contributed by atoms with van der Waals surface area (Å²) in [6, 6.07) is 9.92. The number of hydrogen-bond donors (Lipinski definition) is 3. The van der Waals surface area contributed by atoms with Crippen LogP contribution < -0.4 is 25.8 Å². The number of rotatable bonds is 13. The largest absolute Gasteiger partial charge is 0.490 e. The van der Waals surface area contributed by atoms with Gasteiger partial charge in [0, 0.05) is 56.1 Å². The van der Waals surface area contributed by atoms with Crippen molar-refractivity contribution in [1.29, 1.82) is 0 Å². The number of aromatic nitrogens is 1. The molecule has 1 saturated heterocycles. The number of benzene rings is 2. The van der Waals surface area contributed by atoms with Crippen LogP contribution in [0, 0.1) is 0 Å². The molecule has 4 N–H and O–H groups in total. The summed E-state index contributed by atoms with van der Waals surface area (Å²) in [6.45, 7) is 13.2. The summed E-state index contributed by atoms with van der Waals surface area (Å²) in [5.41, 5.74) is 10.7. The van der Waals surface area contributed by atoms with Crippen molar-refractivity contribution in [2.75, 3.05) is 57.9 Å². The molecule has 204 valence electrons. The molecule has 1 aromatic heterocycles. The highest BCUT2D eigenvalue weighted by molar-refractivity contribution is 6.08. The molecular formula is C29H39N5O4. The first-order valence-electron chi connectivity index (χ1n) is 13.5. The average molecular weight is 522 g/mol. The standard InChI is InChI=1S/C29H39N5O4/c1-4-21-20(18-31-10-11-34-12-14-36-15-13-34)8-7-9-24(21)33-28-22-16-26(37-5-2)27(38-6-3)17-25(22)32-19-23(28)29(30)35/h7-9,16-17,19,31H,4-6,10-15,18H2,1-3H3,(H2,30,35)(H,32,33). The number of nitrogens with two attached hydrogens (primary N) is 1. The van der Waals surface area contributed by atoms with Crippen molar-refractivity contribution in [1.82, 2.24) is 15.2 Å². The van der Waals surface area contributed by atoms with Gasteiger partial charge in [-0.05, 0) is 43.5 Å². The second kappa shape index (κ2) is 13.4. The summed E-state index contributed by atoms with van der Waals surface area (Å²) in [5.74, 6) is 0.668. The molecule has 9 heteroatoms. The Hall–Kier alpha value is -3.40. The van der Waals surface area contributed by atoms with Crippen molar-refractivity contribution < 1.29 is 19.0 Å². The Bertz CT molecular complexity index is 1240. The molecule has 1 amide bonds. The number of morpholine rings is 1. The Balaban J connectivity index is 1.63. The zero-order chi connectivity index (χ0) is 26.9. The molecule has 0 aliphatic carbocycles. The minimum absolute atomic E-state index is 0.320. The molecule has 3 aromatic rings. The van der Waals surface area contributed by atoms with Crippen molar-refractivity contribution in [3.63, 3.8) is 0 Å². The van der Waals surface area contributed by atoms with Crippen molar-refractivity contribution >= 4 is 28.2 Å². The summed E-state index contributed by atoms with van der Waals surface area (Å²) < 4.78 is 17.1. The van der Waals surface area contributed by atoms with Gasteiger partial charge in [0.1, 0.15) is 0 Å². The second-order valence-corrected chi connectivity index (χ2v) is 9.15. The van der Waals surface area contributed by atoms with E-state index in [2.05, 4.69) is 33.5 Å². The summed E-state index contributed by atoms with van der Waals surface area (Å²) in [5, 5.41) is 7.86. The number of fused-ring (bicyclic) bond motifs is 1. The summed E-state index contributed by atoms with van der Waals surface area (Å²) in [7, 11) is 0. The van der Waals surface area contributed by atoms with Crippen molar-refractivity contribution in [2.24, 2.45) is 5.73 Å². The zero-order valence-corrected chi connectivity index (χ0v) is 22.6. The number of anilines is 2. The van der Waals surface area contributed by atoms with E-state index in [1.807, 2.05) is 38.1 Å². The van der Waals surface area contributed by atoms with Gasteiger partial charge in [0.05, 0.1) is 43.2 Å². The van der Waals surface area contributed by atoms with E-state index < -0.39 is 5.91 Å². The van der Waals surface area contributed by atoms with Crippen LogP contribution in [0.2, 0.25) is 0 Å². The van der Waals surface area contributed by atoms with Gasteiger partial charge in [-0.15, -0.1) is 0 Å². The van der Waals surface area contributed by atoms with Crippen LogP contribution in [0.1, 0.15) is 42.3 Å². The second-order valence-electron chi connectivity index (χ2n) is 9.15. The van der Waals surface area contributed by atoms with Gasteiger partial charge in [0.2, 0.25) is 0 Å². The Kier molecular flexibility index (Phi) is 9.75. The smallest absolute Gasteiger partial charge is 0.252 e. The van der Waals surface area contributed by atoms with Crippen LogP contribution in [0.15, 0.2) is 36.5 Å². The molecule has 0 saturated carbocycles. The molecular weight excluding hydrogens is 482 g/mol. The Labute approximate surface area is 224 Å². The first-order valence-corrected chi connectivity index (χ1v) is 13.5. The third-order valence-corrected chi connectivity index (χ3v) is 6.71. The number of carbonyl (C=O) groups excluding carboxylic acids is 1. The molecule has 38 heavy (non-hydrogen) atoms. The van der Waals surface area contributed by atoms with Gasteiger partial charge < -0.3 is 30.6 Å². The molecule has 1 aliphatic rings. The lowest BCUT2D eigenvalue weighted by atomic mass is 10.0. The molecule has 1 fully saturated rings. The van der Waals surface area contributed by atoms with Crippen molar-refractivity contribution in [3.8, 4) is 11.5 Å². The number of carbonyl (C=O) groups is 1. The van der Waals surface area contributed by atoms with Crippen LogP contribution in [0.25, 0.3) is 10.9 Å². The molecule has 0 spiro atoms. The van der Waals surface area contributed by atoms with E-state index in [0.29, 0.717) is 41.5 Å². The van der Waals surface area contributed by atoms with Crippen LogP contribution in [0.3, 0.4) is 0 Å². The number of amides is 1. The van der Waals surface area contributed by atoms with Gasteiger partial charge in [-0.1, -0.05) is 19.1 Å². The third-order valence-electron chi connectivity index (χ3n) is 6.71. The van der Waals surface area contributed by atoms with E-state index in [9.17, 15) is 4.79 Å². The average Bonchev–Trinajstić information content (AvgIpc) is 2.92. The molecule has 0 radical (unpaired) electrons. The van der Waals surface area contributed by atoms with Crippen LogP contribution in [0.4, 0.5) is 11.4 Å². The van der Waals surface area contributed by atoms with Crippen molar-refractivity contribution in [2.45, 2.75) is 33.7 Å². The van der Waals surface area contributed by atoms with E-state index in [0.717, 1.165) is 63.4 Å². The Morgan fingerprint density at radius 1 is 1.11 bits per heavy atom. The number of ether oxygens (including phenoxy) is 3. The normalized spacial score (nSPS) is 14.0. The monoisotopic (exact) mass is 521 g/mol. The molecule has 9 nitrogen and oxygen atoms in total. The molecule has 0 bridgehead atoms. The van der Waals surface area contributed by atoms with Gasteiger partial charge in [-0.2, -0.15) is 0 Å². The third kappa shape index (κ3) is 6.53. The van der Waals surface area contributed by atoms with E-state index >= 15 is 0 Å². The minimum atomic E-state index is -0.548. The van der Waals surface area contributed by atoms with Gasteiger partial charge in [-0.25, -0.2) is 0 Å². The zero-order valence-electron chi connectivity index (χ0n) is 22.6. The first-order chi connectivity index (χ1) is 18.5. The lowest BCUT2D eigenvalue weighted by Gasteiger charge is -2.26. The quantitative estimate of drug-likeness (QED) is 0.291. The predicted molar refractivity (Wildman–Crippen MR) is 151 cm³/mol. The minimum Gasteiger partial charge on any atom is -0.490 e. The summed E-state index contributed by atoms with van der Waals surface area (Å²) >= 11 is 0. The van der Waals surface area contributed by atoms with Crippen LogP contribution >= 0.6 is 0 Å². The van der Waals surface area contributed by atoms with Crippen LogP contribution in [0.5, 0.6) is 11.5 Å². The molecule has 0 unspecified atom stereocenters. The highest BCUT2D eigenvalue weighted by Gasteiger charge is 2.19. The van der Waals surface area contributed by atoms with Crippen LogP contribution in [-0.2, 0) is 17.7 Å². The SMILES string of the molecule is CCOc1cc2ncc(C(N)=O)c(Nc3cccc(CNCCN4CCOCC4)c3CC)c2cc1OCC. The highest BCUT2D eigenvalue weighted by Crippen LogP contribution is 2.38. The summed E-state index contributed by atoms with van der Waals surface area (Å²) in [4.78, 5) is 19.3. The van der Waals surface area contributed by atoms with Gasteiger partial charge in [0.25, 0.3) is 5.91 Å². The predicted octanol–water partition coefficient (Wildman–Crippen LogP) is 3.86. The summed E-state index contributed by atoms with van der Waals surface area (Å²) in [6.07, 6.45) is 2.35. The van der Waals surface area contributed by atoms with E-state index in [1.54, 1.807) is 0 Å². The number of hydrogen-bond acceptors (Lipinski definition) is 8. The van der Waals surface area contributed by atoms with E-state index in [-0.39, 0.29) is 0 Å². The number of pyridine rings is 1. The fourth-order valence-electron chi connectivity index (χ4n) is 4.81. The molecule has 1 aliphatic heterocycles. The Morgan fingerprint density at radius 3 is 2.53 bits per heavy atom. The highest BCUT2D eigenvalue weighted by atomic mass is 16.5. The lowest BCUT2D eigenvalue weighted by Crippen LogP contribution is -2.40. The maximum Gasteiger partial charge on any atom is 0.252 e. The van der Waals surface area contributed by atoms with Gasteiger partial charge in [0.15, 0.2) is 11.5 Å². The maximum atomic E-state index is 12.4. The Morgan fingerprint density at radius 2 is 1.84 bits per heavy atom.